The lowest BCUT2D eigenvalue weighted by Crippen LogP contribution is -2.09. The van der Waals surface area contributed by atoms with E-state index in [1.165, 1.54) is 38.9 Å². The lowest BCUT2D eigenvalue weighted by molar-refractivity contribution is 0.350. The van der Waals surface area contributed by atoms with Crippen molar-refractivity contribution in [1.82, 2.24) is 0 Å². The molecule has 112 valence electrons. The molecular weight excluding hydrogens is 279 g/mol. The van der Waals surface area contributed by atoms with Crippen molar-refractivity contribution in [3.8, 4) is 11.5 Å². The monoisotopic (exact) mass is 300 g/mol. The van der Waals surface area contributed by atoms with Gasteiger partial charge in [0.15, 0.2) is 11.5 Å². The Balaban J connectivity index is 2.26. The van der Waals surface area contributed by atoms with Gasteiger partial charge in [-0.05, 0) is 24.8 Å². The fourth-order valence-corrected chi connectivity index (χ4v) is 3.36. The average Bonchev–Trinajstić information content (AvgIpc) is 2.75. The van der Waals surface area contributed by atoms with Gasteiger partial charge in [0, 0.05) is 11.6 Å². The van der Waals surface area contributed by atoms with Gasteiger partial charge in [-0.2, -0.15) is 0 Å². The van der Waals surface area contributed by atoms with Crippen molar-refractivity contribution in [2.24, 2.45) is 5.92 Å². The first kappa shape index (κ1) is 15.4. The predicted molar refractivity (Wildman–Crippen MR) is 79.3 cm³/mol. The molecule has 2 nitrogen and oxygen atoms in total. The van der Waals surface area contributed by atoms with E-state index in [4.69, 9.17) is 21.1 Å². The Morgan fingerprint density at radius 1 is 1.05 bits per heavy atom. The quantitative estimate of drug-likeness (QED) is 0.569. The second-order valence-corrected chi connectivity index (χ2v) is 5.85. The van der Waals surface area contributed by atoms with Crippen LogP contribution in [0.5, 0.6) is 11.5 Å². The van der Waals surface area contributed by atoms with Gasteiger partial charge in [0.1, 0.15) is 5.82 Å². The van der Waals surface area contributed by atoms with Crippen molar-refractivity contribution in [3.63, 3.8) is 0 Å². The molecule has 1 unspecified atom stereocenters. The van der Waals surface area contributed by atoms with Crippen LogP contribution in [0, 0.1) is 11.7 Å². The van der Waals surface area contributed by atoms with E-state index in [0.29, 0.717) is 23.0 Å². The van der Waals surface area contributed by atoms with Crippen LogP contribution in [0.1, 0.15) is 49.5 Å². The molecule has 1 fully saturated rings. The van der Waals surface area contributed by atoms with Crippen molar-refractivity contribution in [2.75, 3.05) is 14.2 Å². The fraction of sp³-hybridized carbons (Fsp3) is 0.625. The molecule has 2 rings (SSSR count). The summed E-state index contributed by atoms with van der Waals surface area (Å²) in [4.78, 5) is 0. The second kappa shape index (κ2) is 7.16. The number of hydrogen-bond acceptors (Lipinski definition) is 2. The molecule has 0 amide bonds. The summed E-state index contributed by atoms with van der Waals surface area (Å²) in [5.74, 6) is 0.959. The summed E-state index contributed by atoms with van der Waals surface area (Å²) >= 11 is 6.55. The van der Waals surface area contributed by atoms with Crippen LogP contribution in [0.25, 0.3) is 0 Å². The van der Waals surface area contributed by atoms with E-state index in [1.54, 1.807) is 13.2 Å². The fourth-order valence-electron chi connectivity index (χ4n) is 2.94. The average molecular weight is 301 g/mol. The van der Waals surface area contributed by atoms with Crippen molar-refractivity contribution >= 4 is 11.6 Å². The van der Waals surface area contributed by atoms with E-state index in [9.17, 15) is 4.39 Å². The van der Waals surface area contributed by atoms with Gasteiger partial charge in [-0.25, -0.2) is 4.39 Å². The highest BCUT2D eigenvalue weighted by molar-refractivity contribution is 6.21. The molecule has 0 aromatic heterocycles. The molecule has 0 heterocycles. The molecule has 1 aromatic rings. The lowest BCUT2D eigenvalue weighted by atomic mass is 9.91. The zero-order valence-electron chi connectivity index (χ0n) is 12.1. The minimum absolute atomic E-state index is 0.298. The molecule has 0 bridgehead atoms. The molecule has 0 spiro atoms. The van der Waals surface area contributed by atoms with Gasteiger partial charge in [-0.3, -0.25) is 0 Å². The standard InChI is InChI=1S/C16H22ClFO2/c1-19-14-9-12(13(18)10-15(14)20-2)16(17)11-7-5-3-4-6-8-11/h9-11,16H,3-8H2,1-2H3. The summed E-state index contributed by atoms with van der Waals surface area (Å²) in [6.07, 6.45) is 7.03. The Bertz CT molecular complexity index is 442. The minimum atomic E-state index is -0.313. The zero-order chi connectivity index (χ0) is 14.5. The third-order valence-corrected chi connectivity index (χ3v) is 4.71. The van der Waals surface area contributed by atoms with Gasteiger partial charge in [0.05, 0.1) is 19.6 Å². The number of ether oxygens (including phenoxy) is 2. The Labute approximate surface area is 125 Å². The maximum Gasteiger partial charge on any atom is 0.163 e. The van der Waals surface area contributed by atoms with Gasteiger partial charge in [-0.15, -0.1) is 11.6 Å². The molecule has 1 aromatic carbocycles. The van der Waals surface area contributed by atoms with Crippen LogP contribution in [0.2, 0.25) is 0 Å². The Morgan fingerprint density at radius 2 is 1.60 bits per heavy atom. The maximum atomic E-state index is 14.2. The highest BCUT2D eigenvalue weighted by atomic mass is 35.5. The molecule has 4 heteroatoms. The van der Waals surface area contributed by atoms with Crippen LogP contribution < -0.4 is 9.47 Å². The number of alkyl halides is 1. The molecule has 20 heavy (non-hydrogen) atoms. The first-order chi connectivity index (χ1) is 9.67. The van der Waals surface area contributed by atoms with Crippen LogP contribution in [-0.2, 0) is 0 Å². The smallest absolute Gasteiger partial charge is 0.163 e. The highest BCUT2D eigenvalue weighted by Crippen LogP contribution is 2.42. The van der Waals surface area contributed by atoms with Crippen LogP contribution in [-0.4, -0.2) is 14.2 Å². The lowest BCUT2D eigenvalue weighted by Gasteiger charge is -2.22. The van der Waals surface area contributed by atoms with Crippen LogP contribution in [0.4, 0.5) is 4.39 Å². The molecule has 0 N–H and O–H groups in total. The molecule has 1 aliphatic rings. The van der Waals surface area contributed by atoms with E-state index in [0.717, 1.165) is 12.8 Å². The van der Waals surface area contributed by atoms with Gasteiger partial charge in [0.2, 0.25) is 0 Å². The second-order valence-electron chi connectivity index (χ2n) is 5.38. The topological polar surface area (TPSA) is 18.5 Å². The van der Waals surface area contributed by atoms with Gasteiger partial charge < -0.3 is 9.47 Å². The summed E-state index contributed by atoms with van der Waals surface area (Å²) in [5.41, 5.74) is 0.524. The minimum Gasteiger partial charge on any atom is -0.493 e. The molecular formula is C16H22ClFO2. The zero-order valence-corrected chi connectivity index (χ0v) is 12.9. The van der Waals surface area contributed by atoms with E-state index in [1.807, 2.05) is 0 Å². The number of methoxy groups -OCH3 is 2. The van der Waals surface area contributed by atoms with Crippen molar-refractivity contribution in [3.05, 3.63) is 23.5 Å². The van der Waals surface area contributed by atoms with E-state index in [-0.39, 0.29) is 11.2 Å². The van der Waals surface area contributed by atoms with Gasteiger partial charge >= 0.3 is 0 Å². The SMILES string of the molecule is COc1cc(F)c(C(Cl)C2CCCCCC2)cc1OC. The summed E-state index contributed by atoms with van der Waals surface area (Å²) in [5, 5.41) is -0.298. The Kier molecular flexibility index (Phi) is 5.53. The Morgan fingerprint density at radius 3 is 2.15 bits per heavy atom. The number of benzene rings is 1. The molecule has 0 radical (unpaired) electrons. The normalized spacial score (nSPS) is 18.4. The van der Waals surface area contributed by atoms with E-state index in [2.05, 4.69) is 0 Å². The van der Waals surface area contributed by atoms with Crippen LogP contribution in [0.3, 0.4) is 0 Å². The van der Waals surface area contributed by atoms with Gasteiger partial charge in [-0.1, -0.05) is 25.7 Å². The van der Waals surface area contributed by atoms with Crippen LogP contribution >= 0.6 is 11.6 Å². The molecule has 1 aliphatic carbocycles. The third kappa shape index (κ3) is 3.38. The van der Waals surface area contributed by atoms with Gasteiger partial charge in [0.25, 0.3) is 0 Å². The molecule has 0 aliphatic heterocycles. The highest BCUT2D eigenvalue weighted by Gasteiger charge is 2.26. The number of rotatable bonds is 4. The number of hydrogen-bond donors (Lipinski definition) is 0. The van der Waals surface area contributed by atoms with Crippen molar-refractivity contribution in [2.45, 2.75) is 43.9 Å². The molecule has 1 atom stereocenters. The largest absolute Gasteiger partial charge is 0.493 e. The number of halogens is 2. The van der Waals surface area contributed by atoms with Crippen LogP contribution in [0.15, 0.2) is 12.1 Å². The summed E-state index contributed by atoms with van der Waals surface area (Å²) in [6, 6.07) is 3.04. The van der Waals surface area contributed by atoms with E-state index < -0.39 is 0 Å². The summed E-state index contributed by atoms with van der Waals surface area (Å²) in [6.45, 7) is 0. The van der Waals surface area contributed by atoms with Crippen molar-refractivity contribution in [1.29, 1.82) is 0 Å². The maximum absolute atomic E-state index is 14.2. The molecule has 0 saturated heterocycles. The third-order valence-electron chi connectivity index (χ3n) is 4.11. The van der Waals surface area contributed by atoms with Crippen molar-refractivity contribution < 1.29 is 13.9 Å². The Hall–Kier alpha value is -0.960. The predicted octanol–water partition coefficient (Wildman–Crippen LogP) is 5.09. The first-order valence-corrected chi connectivity index (χ1v) is 7.66. The summed E-state index contributed by atoms with van der Waals surface area (Å²) in [7, 11) is 3.05. The first-order valence-electron chi connectivity index (χ1n) is 7.23. The molecule has 1 saturated carbocycles. The van der Waals surface area contributed by atoms with E-state index >= 15 is 0 Å². The summed E-state index contributed by atoms with van der Waals surface area (Å²) < 4.78 is 24.6.